The van der Waals surface area contributed by atoms with Crippen LogP contribution < -0.4 is 5.32 Å². The average molecular weight is 291 g/mol. The Kier molecular flexibility index (Phi) is 5.76. The van der Waals surface area contributed by atoms with Crippen LogP contribution in [0.5, 0.6) is 0 Å². The molecule has 1 aliphatic carbocycles. The highest BCUT2D eigenvalue weighted by Gasteiger charge is 2.34. The normalized spacial score (nSPS) is 20.7. The number of benzene rings is 1. The molecule has 0 aromatic heterocycles. The lowest BCUT2D eigenvalue weighted by atomic mass is 9.82. The van der Waals surface area contributed by atoms with E-state index < -0.39 is 18.1 Å². The highest BCUT2D eigenvalue weighted by Crippen LogP contribution is 2.28. The molecule has 3 N–H and O–H groups in total. The van der Waals surface area contributed by atoms with Gasteiger partial charge in [-0.2, -0.15) is 0 Å². The molecule has 1 aromatic rings. The molecule has 0 bridgehead atoms. The second kappa shape index (κ2) is 7.57. The van der Waals surface area contributed by atoms with E-state index in [0.29, 0.717) is 0 Å². The molecule has 1 aliphatic rings. The predicted molar refractivity (Wildman–Crippen MR) is 82.0 cm³/mol. The van der Waals surface area contributed by atoms with E-state index in [1.807, 2.05) is 37.3 Å². The Labute approximate surface area is 126 Å². The van der Waals surface area contributed by atoms with E-state index in [1.165, 1.54) is 6.42 Å². The summed E-state index contributed by atoms with van der Waals surface area (Å²) in [5.74, 6) is -0.883. The van der Waals surface area contributed by atoms with Gasteiger partial charge < -0.3 is 10.2 Å². The molecule has 0 amide bonds. The molecule has 1 saturated carbocycles. The van der Waals surface area contributed by atoms with Crippen molar-refractivity contribution in [2.45, 2.75) is 57.2 Å². The number of hydrogen-bond acceptors (Lipinski definition) is 3. The van der Waals surface area contributed by atoms with E-state index in [4.69, 9.17) is 0 Å². The van der Waals surface area contributed by atoms with Crippen molar-refractivity contribution in [3.05, 3.63) is 35.9 Å². The molecule has 0 radical (unpaired) electrons. The van der Waals surface area contributed by atoms with E-state index in [0.717, 1.165) is 31.2 Å². The summed E-state index contributed by atoms with van der Waals surface area (Å²) < 4.78 is 0. The van der Waals surface area contributed by atoms with Gasteiger partial charge in [-0.05, 0) is 31.2 Å². The van der Waals surface area contributed by atoms with Gasteiger partial charge in [0.15, 0.2) is 0 Å². The summed E-state index contributed by atoms with van der Waals surface area (Å²) in [5, 5.41) is 23.0. The zero-order valence-electron chi connectivity index (χ0n) is 12.5. The molecule has 0 spiro atoms. The number of aliphatic hydroxyl groups is 1. The molecule has 4 nitrogen and oxygen atoms in total. The smallest absolute Gasteiger partial charge is 0.323 e. The van der Waals surface area contributed by atoms with Crippen molar-refractivity contribution < 1.29 is 15.0 Å². The highest BCUT2D eigenvalue weighted by molar-refractivity contribution is 5.74. The van der Waals surface area contributed by atoms with Crippen molar-refractivity contribution in [2.24, 2.45) is 5.92 Å². The van der Waals surface area contributed by atoms with Crippen LogP contribution in [0.25, 0.3) is 0 Å². The van der Waals surface area contributed by atoms with E-state index in [9.17, 15) is 15.0 Å². The van der Waals surface area contributed by atoms with Crippen LogP contribution in [-0.4, -0.2) is 28.3 Å². The Morgan fingerprint density at radius 1 is 1.19 bits per heavy atom. The first-order valence-corrected chi connectivity index (χ1v) is 7.81. The van der Waals surface area contributed by atoms with E-state index in [1.54, 1.807) is 0 Å². The fourth-order valence-electron chi connectivity index (χ4n) is 3.17. The van der Waals surface area contributed by atoms with Gasteiger partial charge in [0.25, 0.3) is 0 Å². The molecular weight excluding hydrogens is 266 g/mol. The standard InChI is InChI=1S/C17H25NO3/c1-12(13-8-4-2-5-9-13)18-15(17(20)21)16(19)14-10-6-3-7-11-14/h2,4-5,8-9,12,14-16,18-19H,3,6-7,10-11H2,1H3,(H,20,21)/t12-,15-,16-/m1/s1. The van der Waals surface area contributed by atoms with Crippen molar-refractivity contribution in [1.82, 2.24) is 5.32 Å². The molecule has 0 saturated heterocycles. The average Bonchev–Trinajstić information content (AvgIpc) is 2.53. The van der Waals surface area contributed by atoms with Gasteiger partial charge in [0.05, 0.1) is 6.10 Å². The quantitative estimate of drug-likeness (QED) is 0.754. The number of aliphatic hydroxyl groups excluding tert-OH is 1. The molecular formula is C17H25NO3. The maximum absolute atomic E-state index is 11.5. The zero-order valence-corrected chi connectivity index (χ0v) is 12.5. The van der Waals surface area contributed by atoms with Gasteiger partial charge in [-0.1, -0.05) is 49.6 Å². The fourth-order valence-corrected chi connectivity index (χ4v) is 3.17. The van der Waals surface area contributed by atoms with Crippen LogP contribution in [-0.2, 0) is 4.79 Å². The number of nitrogens with one attached hydrogen (secondary N) is 1. The number of carboxylic acids is 1. The Bertz CT molecular complexity index is 443. The molecule has 4 heteroatoms. The fraction of sp³-hybridized carbons (Fsp3) is 0.588. The minimum absolute atomic E-state index is 0.0929. The summed E-state index contributed by atoms with van der Waals surface area (Å²) >= 11 is 0. The summed E-state index contributed by atoms with van der Waals surface area (Å²) in [4.78, 5) is 11.5. The van der Waals surface area contributed by atoms with Crippen LogP contribution >= 0.6 is 0 Å². The minimum atomic E-state index is -0.976. The molecule has 0 unspecified atom stereocenters. The van der Waals surface area contributed by atoms with E-state index in [-0.39, 0.29) is 12.0 Å². The molecule has 1 fully saturated rings. The molecule has 21 heavy (non-hydrogen) atoms. The topological polar surface area (TPSA) is 69.6 Å². The lowest BCUT2D eigenvalue weighted by Crippen LogP contribution is -2.50. The number of rotatable bonds is 6. The second-order valence-electron chi connectivity index (χ2n) is 6.00. The van der Waals surface area contributed by atoms with E-state index >= 15 is 0 Å². The molecule has 0 heterocycles. The Morgan fingerprint density at radius 2 is 1.81 bits per heavy atom. The highest BCUT2D eigenvalue weighted by atomic mass is 16.4. The first-order valence-electron chi connectivity index (χ1n) is 7.81. The molecule has 116 valence electrons. The summed E-state index contributed by atoms with van der Waals surface area (Å²) in [5.41, 5.74) is 1.03. The van der Waals surface area contributed by atoms with Crippen LogP contribution in [0.15, 0.2) is 30.3 Å². The van der Waals surface area contributed by atoms with Crippen molar-refractivity contribution in [3.63, 3.8) is 0 Å². The number of carbonyl (C=O) groups is 1. The van der Waals surface area contributed by atoms with Gasteiger partial charge in [0.1, 0.15) is 6.04 Å². The molecule has 3 atom stereocenters. The lowest BCUT2D eigenvalue weighted by molar-refractivity contribution is -0.144. The largest absolute Gasteiger partial charge is 0.480 e. The summed E-state index contributed by atoms with van der Waals surface area (Å²) in [7, 11) is 0. The second-order valence-corrected chi connectivity index (χ2v) is 6.00. The van der Waals surface area contributed by atoms with Crippen molar-refractivity contribution >= 4 is 5.97 Å². The third-order valence-electron chi connectivity index (χ3n) is 4.47. The summed E-state index contributed by atoms with van der Waals surface area (Å²) in [6.07, 6.45) is 4.38. The zero-order chi connectivity index (χ0) is 15.2. The van der Waals surface area contributed by atoms with Crippen molar-refractivity contribution in [2.75, 3.05) is 0 Å². The van der Waals surface area contributed by atoms with Crippen molar-refractivity contribution in [1.29, 1.82) is 0 Å². The SMILES string of the molecule is C[C@@H](N[C@@H](C(=O)O)[C@H](O)C1CCCCC1)c1ccccc1. The van der Waals surface area contributed by atoms with Crippen LogP contribution in [0.2, 0.25) is 0 Å². The Hall–Kier alpha value is -1.39. The number of hydrogen-bond donors (Lipinski definition) is 3. The maximum atomic E-state index is 11.5. The van der Waals surface area contributed by atoms with Crippen LogP contribution in [0.1, 0.15) is 50.6 Å². The third kappa shape index (κ3) is 4.29. The first kappa shape index (κ1) is 16.0. The van der Waals surface area contributed by atoms with Gasteiger partial charge in [-0.25, -0.2) is 0 Å². The monoisotopic (exact) mass is 291 g/mol. The summed E-state index contributed by atoms with van der Waals surface area (Å²) in [6.45, 7) is 1.93. The van der Waals surface area contributed by atoms with Gasteiger partial charge >= 0.3 is 5.97 Å². The van der Waals surface area contributed by atoms with E-state index in [2.05, 4.69) is 5.32 Å². The predicted octanol–water partition coefficient (Wildman–Crippen LogP) is 2.73. The van der Waals surface area contributed by atoms with Crippen molar-refractivity contribution in [3.8, 4) is 0 Å². The maximum Gasteiger partial charge on any atom is 0.323 e. The van der Waals surface area contributed by atoms with Crippen LogP contribution in [0, 0.1) is 5.92 Å². The lowest BCUT2D eigenvalue weighted by Gasteiger charge is -2.32. The minimum Gasteiger partial charge on any atom is -0.480 e. The van der Waals surface area contributed by atoms with Gasteiger partial charge in [0, 0.05) is 6.04 Å². The molecule has 0 aliphatic heterocycles. The van der Waals surface area contributed by atoms with Gasteiger partial charge in [0.2, 0.25) is 0 Å². The summed E-state index contributed by atoms with van der Waals surface area (Å²) in [6, 6.07) is 8.70. The van der Waals surface area contributed by atoms with Crippen LogP contribution in [0.3, 0.4) is 0 Å². The third-order valence-corrected chi connectivity index (χ3v) is 4.47. The Morgan fingerprint density at radius 3 is 2.38 bits per heavy atom. The molecule has 1 aromatic carbocycles. The van der Waals surface area contributed by atoms with Crippen LogP contribution in [0.4, 0.5) is 0 Å². The first-order chi connectivity index (χ1) is 10.1. The van der Waals surface area contributed by atoms with Gasteiger partial charge in [-0.3, -0.25) is 10.1 Å². The Balaban J connectivity index is 2.03. The molecule has 2 rings (SSSR count). The van der Waals surface area contributed by atoms with Gasteiger partial charge in [-0.15, -0.1) is 0 Å². The number of aliphatic carboxylic acids is 1. The number of carboxylic acid groups (broad SMARTS) is 1.